The molecule has 0 radical (unpaired) electrons. The Balaban J connectivity index is 2.60. The highest BCUT2D eigenvalue weighted by molar-refractivity contribution is 7.07. The minimum atomic E-state index is -1.67. The molecule has 6 nitrogen and oxygen atoms in total. The van der Waals surface area contributed by atoms with Gasteiger partial charge in [-0.25, -0.2) is 0 Å². The van der Waals surface area contributed by atoms with Crippen molar-refractivity contribution in [1.82, 2.24) is 10.2 Å². The number of carbonyl (C=O) groups is 2. The van der Waals surface area contributed by atoms with Crippen LogP contribution in [0.1, 0.15) is 12.5 Å². The van der Waals surface area contributed by atoms with Crippen molar-refractivity contribution in [2.75, 3.05) is 13.1 Å². The lowest BCUT2D eigenvalue weighted by Gasteiger charge is -2.22. The first kappa shape index (κ1) is 17.4. The van der Waals surface area contributed by atoms with Crippen molar-refractivity contribution in [2.24, 2.45) is 0 Å². The van der Waals surface area contributed by atoms with Gasteiger partial charge in [0.25, 0.3) is 0 Å². The summed E-state index contributed by atoms with van der Waals surface area (Å²) in [6.45, 7) is 5.35. The first-order valence-electron chi connectivity index (χ1n) is 6.55. The third kappa shape index (κ3) is 5.70. The Hall–Kier alpha value is -1.64. The standard InChI is InChI=1S/C13H19BN2O4S/c1-3-13(18)16(4-2)8-12(17)15-11(14(19)20)7-10-5-6-21-9-10/h3,5-6,9,11,19-20H,1,4,7-8H2,2H3,(H,15,17). The van der Waals surface area contributed by atoms with Gasteiger partial charge in [-0.05, 0) is 41.8 Å². The molecule has 0 aliphatic rings. The van der Waals surface area contributed by atoms with Crippen LogP contribution < -0.4 is 5.32 Å². The van der Waals surface area contributed by atoms with Crippen LogP contribution in [-0.4, -0.2) is 52.9 Å². The molecular formula is C13H19BN2O4S. The van der Waals surface area contributed by atoms with Crippen molar-refractivity contribution in [3.63, 3.8) is 0 Å². The van der Waals surface area contributed by atoms with E-state index in [1.807, 2.05) is 16.8 Å². The molecular weight excluding hydrogens is 291 g/mol. The minimum Gasteiger partial charge on any atom is -0.426 e. The van der Waals surface area contributed by atoms with Gasteiger partial charge in [0.2, 0.25) is 11.8 Å². The van der Waals surface area contributed by atoms with Crippen LogP contribution in [0.4, 0.5) is 0 Å². The Morgan fingerprint density at radius 3 is 2.76 bits per heavy atom. The molecule has 0 aliphatic carbocycles. The molecule has 0 saturated heterocycles. The second-order valence-electron chi connectivity index (χ2n) is 4.48. The van der Waals surface area contributed by atoms with Gasteiger partial charge in [-0.2, -0.15) is 11.3 Å². The van der Waals surface area contributed by atoms with E-state index < -0.39 is 19.0 Å². The van der Waals surface area contributed by atoms with Crippen LogP contribution in [0, 0.1) is 0 Å². The van der Waals surface area contributed by atoms with Crippen LogP contribution in [-0.2, 0) is 16.0 Å². The fourth-order valence-electron chi connectivity index (χ4n) is 1.79. The molecule has 0 saturated carbocycles. The molecule has 1 unspecified atom stereocenters. The van der Waals surface area contributed by atoms with Crippen LogP contribution in [0.5, 0.6) is 0 Å². The van der Waals surface area contributed by atoms with Crippen LogP contribution in [0.3, 0.4) is 0 Å². The van der Waals surface area contributed by atoms with Crippen molar-refractivity contribution in [3.8, 4) is 0 Å². The van der Waals surface area contributed by atoms with E-state index in [0.717, 1.165) is 11.6 Å². The maximum Gasteiger partial charge on any atom is 0.475 e. The van der Waals surface area contributed by atoms with E-state index in [4.69, 9.17) is 0 Å². The number of thiophene rings is 1. The molecule has 21 heavy (non-hydrogen) atoms. The molecule has 114 valence electrons. The molecule has 0 fully saturated rings. The molecule has 0 bridgehead atoms. The fourth-order valence-corrected chi connectivity index (χ4v) is 2.48. The van der Waals surface area contributed by atoms with Gasteiger partial charge in [-0.15, -0.1) is 0 Å². The van der Waals surface area contributed by atoms with Crippen LogP contribution in [0.2, 0.25) is 0 Å². The van der Waals surface area contributed by atoms with Crippen LogP contribution in [0.15, 0.2) is 29.5 Å². The lowest BCUT2D eigenvalue weighted by molar-refractivity contribution is -0.132. The topological polar surface area (TPSA) is 89.9 Å². The lowest BCUT2D eigenvalue weighted by Crippen LogP contribution is -2.51. The molecule has 0 aromatic carbocycles. The lowest BCUT2D eigenvalue weighted by atomic mass is 9.76. The Labute approximate surface area is 128 Å². The molecule has 1 atom stereocenters. The smallest absolute Gasteiger partial charge is 0.426 e. The first-order chi connectivity index (χ1) is 9.97. The van der Waals surface area contributed by atoms with E-state index >= 15 is 0 Å². The molecule has 2 amide bonds. The van der Waals surface area contributed by atoms with E-state index in [1.165, 1.54) is 16.2 Å². The van der Waals surface area contributed by atoms with Gasteiger partial charge >= 0.3 is 7.12 Å². The minimum absolute atomic E-state index is 0.145. The van der Waals surface area contributed by atoms with Crippen molar-refractivity contribution < 1.29 is 19.6 Å². The van der Waals surface area contributed by atoms with E-state index in [1.54, 1.807) is 6.92 Å². The summed E-state index contributed by atoms with van der Waals surface area (Å²) in [5.41, 5.74) is 0.910. The zero-order chi connectivity index (χ0) is 15.8. The Bertz CT molecular complexity index is 479. The normalized spacial score (nSPS) is 11.6. The molecule has 1 heterocycles. The zero-order valence-corrected chi connectivity index (χ0v) is 12.7. The molecule has 8 heteroatoms. The maximum absolute atomic E-state index is 11.9. The SMILES string of the molecule is C=CC(=O)N(CC)CC(=O)NC(Cc1ccsc1)B(O)O. The van der Waals surface area contributed by atoms with Crippen molar-refractivity contribution in [1.29, 1.82) is 0 Å². The zero-order valence-electron chi connectivity index (χ0n) is 11.9. The predicted octanol–water partition coefficient (Wildman–Crippen LogP) is -0.178. The highest BCUT2D eigenvalue weighted by atomic mass is 32.1. The third-order valence-corrected chi connectivity index (χ3v) is 3.68. The molecule has 0 spiro atoms. The molecule has 1 aromatic heterocycles. The van der Waals surface area contributed by atoms with Crippen molar-refractivity contribution in [3.05, 3.63) is 35.0 Å². The summed E-state index contributed by atoms with van der Waals surface area (Å²) in [5, 5.41) is 25.0. The third-order valence-electron chi connectivity index (χ3n) is 2.94. The summed E-state index contributed by atoms with van der Waals surface area (Å²) >= 11 is 1.49. The van der Waals surface area contributed by atoms with Gasteiger partial charge in [-0.3, -0.25) is 9.59 Å². The van der Waals surface area contributed by atoms with Gasteiger partial charge < -0.3 is 20.3 Å². The Morgan fingerprint density at radius 2 is 2.29 bits per heavy atom. The number of rotatable bonds is 8. The number of amides is 2. The Morgan fingerprint density at radius 1 is 1.57 bits per heavy atom. The summed E-state index contributed by atoms with van der Waals surface area (Å²) < 4.78 is 0. The van der Waals surface area contributed by atoms with Crippen LogP contribution >= 0.6 is 11.3 Å². The first-order valence-corrected chi connectivity index (χ1v) is 7.50. The second kappa shape index (κ2) is 8.61. The van der Waals surface area contributed by atoms with Gasteiger partial charge in [0.05, 0.1) is 12.5 Å². The number of nitrogens with one attached hydrogen (secondary N) is 1. The fraction of sp³-hybridized carbons (Fsp3) is 0.385. The van der Waals surface area contributed by atoms with E-state index in [9.17, 15) is 19.6 Å². The number of hydrogen-bond acceptors (Lipinski definition) is 5. The largest absolute Gasteiger partial charge is 0.475 e. The monoisotopic (exact) mass is 310 g/mol. The van der Waals surface area contributed by atoms with Gasteiger partial charge in [0, 0.05) is 6.54 Å². The second-order valence-corrected chi connectivity index (χ2v) is 5.26. The molecule has 1 rings (SSSR count). The maximum atomic E-state index is 11.9. The van der Waals surface area contributed by atoms with Gasteiger partial charge in [0.1, 0.15) is 0 Å². The summed E-state index contributed by atoms with van der Waals surface area (Å²) in [7, 11) is -1.67. The highest BCUT2D eigenvalue weighted by Gasteiger charge is 2.26. The van der Waals surface area contributed by atoms with E-state index in [-0.39, 0.29) is 12.5 Å². The molecule has 0 aliphatic heterocycles. The number of likely N-dealkylation sites (N-methyl/N-ethyl adjacent to an activating group) is 1. The van der Waals surface area contributed by atoms with Crippen molar-refractivity contribution in [2.45, 2.75) is 19.3 Å². The quantitative estimate of drug-likeness (QED) is 0.459. The van der Waals surface area contributed by atoms with Gasteiger partial charge in [0.15, 0.2) is 0 Å². The summed E-state index contributed by atoms with van der Waals surface area (Å²) in [6.07, 6.45) is 1.45. The predicted molar refractivity (Wildman–Crippen MR) is 82.6 cm³/mol. The van der Waals surface area contributed by atoms with E-state index in [2.05, 4.69) is 11.9 Å². The van der Waals surface area contributed by atoms with Gasteiger partial charge in [-0.1, -0.05) is 6.58 Å². The highest BCUT2D eigenvalue weighted by Crippen LogP contribution is 2.09. The van der Waals surface area contributed by atoms with E-state index in [0.29, 0.717) is 13.0 Å². The summed E-state index contributed by atoms with van der Waals surface area (Å²) in [5.74, 6) is -1.60. The number of nitrogens with zero attached hydrogens (tertiary/aromatic N) is 1. The number of carbonyl (C=O) groups excluding carboxylic acids is 2. The molecule has 3 N–H and O–H groups in total. The number of hydrogen-bond donors (Lipinski definition) is 3. The summed E-state index contributed by atoms with van der Waals surface area (Å²) in [4.78, 5) is 24.7. The average Bonchev–Trinajstić information content (AvgIpc) is 2.96. The van der Waals surface area contributed by atoms with Crippen LogP contribution in [0.25, 0.3) is 0 Å². The summed E-state index contributed by atoms with van der Waals surface area (Å²) in [6, 6.07) is 1.85. The molecule has 1 aromatic rings. The Kier molecular flexibility index (Phi) is 7.14. The van der Waals surface area contributed by atoms with Crippen molar-refractivity contribution >= 4 is 30.3 Å². The average molecular weight is 310 g/mol.